The number of fused-ring (bicyclic) bond motifs is 1. The summed E-state index contributed by atoms with van der Waals surface area (Å²) in [5, 5.41) is 4.22. The zero-order valence-corrected chi connectivity index (χ0v) is 14.6. The van der Waals surface area contributed by atoms with Gasteiger partial charge in [0.25, 0.3) is 5.91 Å². The summed E-state index contributed by atoms with van der Waals surface area (Å²) in [6.07, 6.45) is 2.86. The lowest BCUT2D eigenvalue weighted by Crippen LogP contribution is -2.29. The minimum Gasteiger partial charge on any atom is -0.497 e. The van der Waals surface area contributed by atoms with E-state index in [1.807, 2.05) is 48.5 Å². The third-order valence-corrected chi connectivity index (χ3v) is 4.36. The number of amides is 1. The predicted molar refractivity (Wildman–Crippen MR) is 98.3 cm³/mol. The number of methoxy groups -OCH3 is 1. The van der Waals surface area contributed by atoms with Gasteiger partial charge < -0.3 is 14.5 Å². The predicted octanol–water partition coefficient (Wildman–Crippen LogP) is 3.42. The van der Waals surface area contributed by atoms with Crippen molar-refractivity contribution >= 4 is 17.3 Å². The van der Waals surface area contributed by atoms with Crippen LogP contribution in [0.2, 0.25) is 0 Å². The molecule has 0 N–H and O–H groups in total. The van der Waals surface area contributed by atoms with Crippen LogP contribution < -0.4 is 9.64 Å². The summed E-state index contributed by atoms with van der Waals surface area (Å²) in [6, 6.07) is 15.4. The van der Waals surface area contributed by atoms with Crippen molar-refractivity contribution in [2.45, 2.75) is 19.3 Å². The Labute approximate surface area is 147 Å². The van der Waals surface area contributed by atoms with E-state index in [1.54, 1.807) is 19.1 Å². The Kier molecular flexibility index (Phi) is 5.33. The molecule has 3 rings (SSSR count). The number of hydrogen-bond donors (Lipinski definition) is 0. The molecule has 0 heterocycles. The van der Waals surface area contributed by atoms with E-state index < -0.39 is 0 Å². The number of ether oxygens (including phenoxy) is 1. The number of oxime groups is 1. The SMILES string of the molecule is COc1ccc2c(c1)CCC/C2=N/OCC(=O)N(C)c1ccccc1. The molecule has 0 bridgehead atoms. The normalized spacial score (nSPS) is 14.7. The number of anilines is 1. The van der Waals surface area contributed by atoms with Gasteiger partial charge in [-0.25, -0.2) is 0 Å². The third-order valence-electron chi connectivity index (χ3n) is 4.36. The largest absolute Gasteiger partial charge is 0.497 e. The van der Waals surface area contributed by atoms with Crippen molar-refractivity contribution in [2.24, 2.45) is 5.16 Å². The smallest absolute Gasteiger partial charge is 0.267 e. The number of hydrogen-bond acceptors (Lipinski definition) is 4. The highest BCUT2D eigenvalue weighted by molar-refractivity contribution is 6.02. The summed E-state index contributed by atoms with van der Waals surface area (Å²) in [4.78, 5) is 19.2. The minimum atomic E-state index is -0.138. The Balaban J connectivity index is 1.64. The average molecular weight is 338 g/mol. The number of aryl methyl sites for hydroxylation is 1. The van der Waals surface area contributed by atoms with Gasteiger partial charge in [0, 0.05) is 18.3 Å². The number of carbonyl (C=O) groups excluding carboxylic acids is 1. The average Bonchev–Trinajstić information content (AvgIpc) is 2.67. The van der Waals surface area contributed by atoms with Crippen molar-refractivity contribution in [1.29, 1.82) is 0 Å². The molecule has 2 aromatic rings. The molecule has 0 spiro atoms. The van der Waals surface area contributed by atoms with E-state index >= 15 is 0 Å². The second-order valence-electron chi connectivity index (χ2n) is 5.98. The lowest BCUT2D eigenvalue weighted by molar-refractivity contribution is -0.122. The summed E-state index contributed by atoms with van der Waals surface area (Å²) in [5.41, 5.74) is 4.01. The van der Waals surface area contributed by atoms with Gasteiger partial charge in [-0.2, -0.15) is 0 Å². The van der Waals surface area contributed by atoms with Crippen LogP contribution in [0.4, 0.5) is 5.69 Å². The molecule has 0 saturated heterocycles. The van der Waals surface area contributed by atoms with Crippen molar-refractivity contribution in [2.75, 3.05) is 25.7 Å². The Hall–Kier alpha value is -2.82. The van der Waals surface area contributed by atoms with Crippen LogP contribution in [-0.2, 0) is 16.1 Å². The Morgan fingerprint density at radius 1 is 1.16 bits per heavy atom. The highest BCUT2D eigenvalue weighted by atomic mass is 16.6. The third kappa shape index (κ3) is 3.99. The summed E-state index contributed by atoms with van der Waals surface area (Å²) >= 11 is 0. The molecule has 0 saturated carbocycles. The molecular weight excluding hydrogens is 316 g/mol. The van der Waals surface area contributed by atoms with Gasteiger partial charge in [0.1, 0.15) is 5.75 Å². The molecule has 0 atom stereocenters. The number of rotatable bonds is 5. The molecule has 1 aliphatic rings. The second kappa shape index (κ2) is 7.83. The molecule has 0 aromatic heterocycles. The van der Waals surface area contributed by atoms with Crippen LogP contribution in [0.15, 0.2) is 53.7 Å². The maximum atomic E-state index is 12.2. The Bertz CT molecular complexity index is 772. The van der Waals surface area contributed by atoms with Crippen LogP contribution in [0.5, 0.6) is 5.75 Å². The first-order chi connectivity index (χ1) is 12.2. The van der Waals surface area contributed by atoms with Gasteiger partial charge in [-0.3, -0.25) is 4.79 Å². The number of benzene rings is 2. The summed E-state index contributed by atoms with van der Waals surface area (Å²) in [7, 11) is 3.40. The van der Waals surface area contributed by atoms with Crippen molar-refractivity contribution in [3.63, 3.8) is 0 Å². The molecule has 2 aromatic carbocycles. The van der Waals surface area contributed by atoms with E-state index in [-0.39, 0.29) is 12.5 Å². The van der Waals surface area contributed by atoms with Crippen LogP contribution in [0.25, 0.3) is 0 Å². The van der Waals surface area contributed by atoms with Crippen LogP contribution >= 0.6 is 0 Å². The fraction of sp³-hybridized carbons (Fsp3) is 0.300. The molecule has 0 aliphatic heterocycles. The number of nitrogens with zero attached hydrogens (tertiary/aromatic N) is 2. The molecule has 130 valence electrons. The molecule has 0 unspecified atom stereocenters. The van der Waals surface area contributed by atoms with Gasteiger partial charge in [0.05, 0.1) is 12.8 Å². The van der Waals surface area contributed by atoms with Crippen LogP contribution in [-0.4, -0.2) is 32.4 Å². The van der Waals surface area contributed by atoms with E-state index in [0.717, 1.165) is 42.0 Å². The van der Waals surface area contributed by atoms with Gasteiger partial charge in [-0.15, -0.1) is 0 Å². The molecule has 0 radical (unpaired) electrons. The lowest BCUT2D eigenvalue weighted by Gasteiger charge is -2.19. The highest BCUT2D eigenvalue weighted by Crippen LogP contribution is 2.26. The van der Waals surface area contributed by atoms with Crippen LogP contribution in [0, 0.1) is 0 Å². The first kappa shape index (κ1) is 17.0. The first-order valence-electron chi connectivity index (χ1n) is 8.37. The number of carbonyl (C=O) groups is 1. The number of para-hydroxylation sites is 1. The zero-order valence-electron chi connectivity index (χ0n) is 14.6. The van der Waals surface area contributed by atoms with Crippen LogP contribution in [0.1, 0.15) is 24.0 Å². The fourth-order valence-electron chi connectivity index (χ4n) is 2.92. The van der Waals surface area contributed by atoms with Crippen molar-refractivity contribution in [3.05, 3.63) is 59.7 Å². The van der Waals surface area contributed by atoms with E-state index in [0.29, 0.717) is 0 Å². The zero-order chi connectivity index (χ0) is 17.6. The van der Waals surface area contributed by atoms with E-state index in [9.17, 15) is 4.79 Å². The van der Waals surface area contributed by atoms with Gasteiger partial charge in [-0.1, -0.05) is 23.4 Å². The quantitative estimate of drug-likeness (QED) is 0.785. The van der Waals surface area contributed by atoms with Crippen molar-refractivity contribution < 1.29 is 14.4 Å². The van der Waals surface area contributed by atoms with Gasteiger partial charge in [0.2, 0.25) is 0 Å². The summed E-state index contributed by atoms with van der Waals surface area (Å²) < 4.78 is 5.28. The molecule has 5 nitrogen and oxygen atoms in total. The van der Waals surface area contributed by atoms with Gasteiger partial charge in [0.15, 0.2) is 6.61 Å². The molecular formula is C20H22N2O3. The van der Waals surface area contributed by atoms with E-state index in [1.165, 1.54) is 5.56 Å². The Morgan fingerprint density at radius 2 is 1.96 bits per heavy atom. The lowest BCUT2D eigenvalue weighted by atomic mass is 9.90. The standard InChI is InChI=1S/C20H22N2O3/c1-22(16-8-4-3-5-9-16)20(23)14-25-21-19-10-6-7-15-13-17(24-2)11-12-18(15)19/h3-5,8-9,11-13H,6-7,10,14H2,1-2H3/b21-19-. The van der Waals surface area contributed by atoms with E-state index in [4.69, 9.17) is 9.57 Å². The maximum Gasteiger partial charge on any atom is 0.267 e. The molecule has 1 aliphatic carbocycles. The molecule has 5 heteroatoms. The topological polar surface area (TPSA) is 51.1 Å². The monoisotopic (exact) mass is 338 g/mol. The fourth-order valence-corrected chi connectivity index (χ4v) is 2.92. The second-order valence-corrected chi connectivity index (χ2v) is 5.98. The summed E-state index contributed by atoms with van der Waals surface area (Å²) in [6.45, 7) is -0.0830. The number of likely N-dealkylation sites (N-methyl/N-ethyl adjacent to an activating group) is 1. The summed E-state index contributed by atoms with van der Waals surface area (Å²) in [5.74, 6) is 0.710. The molecule has 25 heavy (non-hydrogen) atoms. The van der Waals surface area contributed by atoms with Crippen LogP contribution in [0.3, 0.4) is 0 Å². The van der Waals surface area contributed by atoms with Gasteiger partial charge in [-0.05, 0) is 55.2 Å². The molecule has 1 amide bonds. The van der Waals surface area contributed by atoms with Gasteiger partial charge >= 0.3 is 0 Å². The van der Waals surface area contributed by atoms with Crippen molar-refractivity contribution in [1.82, 2.24) is 0 Å². The van der Waals surface area contributed by atoms with E-state index in [2.05, 4.69) is 5.16 Å². The minimum absolute atomic E-state index is 0.0830. The first-order valence-corrected chi connectivity index (χ1v) is 8.37. The molecule has 0 fully saturated rings. The van der Waals surface area contributed by atoms with Crippen molar-refractivity contribution in [3.8, 4) is 5.75 Å². The Morgan fingerprint density at radius 3 is 2.72 bits per heavy atom. The maximum absolute atomic E-state index is 12.2. The highest BCUT2D eigenvalue weighted by Gasteiger charge is 2.17.